The third kappa shape index (κ3) is 4.23. The van der Waals surface area contributed by atoms with Crippen LogP contribution in [0.5, 0.6) is 0 Å². The highest BCUT2D eigenvalue weighted by Crippen LogP contribution is 2.22. The average Bonchev–Trinajstić information content (AvgIpc) is 2.94. The molecule has 124 valence electrons. The van der Waals surface area contributed by atoms with Gasteiger partial charge < -0.3 is 14.2 Å². The van der Waals surface area contributed by atoms with Gasteiger partial charge in [-0.1, -0.05) is 18.2 Å². The summed E-state index contributed by atoms with van der Waals surface area (Å²) in [7, 11) is 3.20. The van der Waals surface area contributed by atoms with Crippen LogP contribution in [0, 0.1) is 11.3 Å². The van der Waals surface area contributed by atoms with Crippen LogP contribution in [-0.4, -0.2) is 42.0 Å². The van der Waals surface area contributed by atoms with Gasteiger partial charge in [-0.25, -0.2) is 4.79 Å². The van der Waals surface area contributed by atoms with Crippen LogP contribution >= 0.6 is 0 Å². The van der Waals surface area contributed by atoms with E-state index in [1.165, 1.54) is 11.0 Å². The van der Waals surface area contributed by atoms with Crippen LogP contribution in [0.15, 0.2) is 36.5 Å². The topological polar surface area (TPSA) is 75.3 Å². The fourth-order valence-electron chi connectivity index (χ4n) is 2.23. The van der Waals surface area contributed by atoms with E-state index in [1.807, 2.05) is 35.0 Å². The van der Waals surface area contributed by atoms with Gasteiger partial charge >= 0.3 is 5.97 Å². The molecule has 0 unspecified atom stereocenters. The Bertz CT molecular complexity index is 813. The van der Waals surface area contributed by atoms with E-state index >= 15 is 0 Å². The lowest BCUT2D eigenvalue weighted by Crippen LogP contribution is -2.27. The van der Waals surface area contributed by atoms with Gasteiger partial charge in [0.15, 0.2) is 6.61 Å². The Kier molecular flexibility index (Phi) is 5.74. The number of carbonyl (C=O) groups excluding carboxylic acids is 2. The first-order valence-corrected chi connectivity index (χ1v) is 7.52. The monoisotopic (exact) mass is 325 g/mol. The second-order valence-corrected chi connectivity index (χ2v) is 5.43. The van der Waals surface area contributed by atoms with Gasteiger partial charge in [-0.2, -0.15) is 5.26 Å². The van der Waals surface area contributed by atoms with Gasteiger partial charge in [-0.15, -0.1) is 0 Å². The number of likely N-dealkylation sites (N-methyl/N-ethyl adjacent to an activating group) is 1. The van der Waals surface area contributed by atoms with Crippen molar-refractivity contribution in [2.45, 2.75) is 13.0 Å². The number of benzene rings is 1. The first kappa shape index (κ1) is 17.3. The van der Waals surface area contributed by atoms with Gasteiger partial charge in [-0.05, 0) is 12.1 Å². The molecule has 0 aliphatic rings. The van der Waals surface area contributed by atoms with E-state index < -0.39 is 5.97 Å². The molecule has 6 heteroatoms. The molecule has 0 aliphatic heterocycles. The van der Waals surface area contributed by atoms with Crippen LogP contribution < -0.4 is 0 Å². The lowest BCUT2D eigenvalue weighted by Gasteiger charge is -2.09. The van der Waals surface area contributed by atoms with Crippen molar-refractivity contribution in [1.82, 2.24) is 9.47 Å². The van der Waals surface area contributed by atoms with Crippen molar-refractivity contribution in [2.75, 3.05) is 20.7 Å². The van der Waals surface area contributed by atoms with Crippen LogP contribution in [0.2, 0.25) is 0 Å². The highest BCUT2D eigenvalue weighted by Gasteiger charge is 2.08. The minimum absolute atomic E-state index is 0.273. The summed E-state index contributed by atoms with van der Waals surface area (Å²) >= 11 is 0. The molecule has 24 heavy (non-hydrogen) atoms. The molecule has 0 N–H and O–H groups in total. The summed E-state index contributed by atoms with van der Waals surface area (Å²) in [4.78, 5) is 24.5. The van der Waals surface area contributed by atoms with Crippen LogP contribution in [0.4, 0.5) is 0 Å². The molecule has 1 amide bonds. The number of carbonyl (C=O) groups is 2. The molecule has 0 saturated heterocycles. The van der Waals surface area contributed by atoms with Crippen molar-refractivity contribution in [3.05, 3.63) is 42.1 Å². The lowest BCUT2D eigenvalue weighted by atomic mass is 10.1. The molecule has 1 heterocycles. The summed E-state index contributed by atoms with van der Waals surface area (Å²) in [6, 6.07) is 9.90. The maximum absolute atomic E-state index is 11.7. The van der Waals surface area contributed by atoms with Gasteiger partial charge in [0.05, 0.1) is 12.5 Å². The highest BCUT2D eigenvalue weighted by atomic mass is 16.5. The summed E-state index contributed by atoms with van der Waals surface area (Å²) in [6.45, 7) is 0.312. The van der Waals surface area contributed by atoms with Crippen LogP contribution in [0.1, 0.15) is 12.0 Å². The predicted octanol–water partition coefficient (Wildman–Crippen LogP) is 2.20. The number of amides is 1. The quantitative estimate of drug-likeness (QED) is 0.603. The number of nitrogens with zero attached hydrogens (tertiary/aromatic N) is 3. The van der Waals surface area contributed by atoms with Crippen LogP contribution in [0.3, 0.4) is 0 Å². The molecule has 0 radical (unpaired) electrons. The Morgan fingerprint density at radius 1 is 1.33 bits per heavy atom. The Morgan fingerprint density at radius 3 is 2.79 bits per heavy atom. The second-order valence-electron chi connectivity index (χ2n) is 5.43. The van der Waals surface area contributed by atoms with Crippen molar-refractivity contribution in [2.24, 2.45) is 0 Å². The third-order valence-electron chi connectivity index (χ3n) is 3.52. The standard InChI is InChI=1S/C18H19N3O3/c1-20(2)17(22)13-24-18(23)9-8-14-12-21(11-5-10-19)16-7-4-3-6-15(14)16/h3-4,6-9,12H,5,11,13H2,1-2H3/b9-8+. The Hall–Kier alpha value is -3.07. The Balaban J connectivity index is 2.13. The fourth-order valence-corrected chi connectivity index (χ4v) is 2.23. The smallest absolute Gasteiger partial charge is 0.331 e. The molecule has 0 aliphatic carbocycles. The number of para-hydroxylation sites is 1. The zero-order chi connectivity index (χ0) is 17.5. The van der Waals surface area contributed by atoms with Gasteiger partial charge in [0.2, 0.25) is 0 Å². The summed E-state index contributed by atoms with van der Waals surface area (Å²) in [5, 5.41) is 9.75. The number of ether oxygens (including phenoxy) is 1. The highest BCUT2D eigenvalue weighted by molar-refractivity contribution is 5.95. The fraction of sp³-hybridized carbons (Fsp3) is 0.278. The zero-order valence-corrected chi connectivity index (χ0v) is 13.7. The SMILES string of the molecule is CN(C)C(=O)COC(=O)/C=C/c1cn(CCC#N)c2ccccc12. The van der Waals surface area contributed by atoms with Gasteiger partial charge in [0, 0.05) is 49.4 Å². The van der Waals surface area contributed by atoms with Crippen LogP contribution in [-0.2, 0) is 20.9 Å². The molecule has 1 aromatic carbocycles. The molecule has 1 aromatic heterocycles. The molecule has 0 fully saturated rings. The Labute approximate surface area is 140 Å². The summed E-state index contributed by atoms with van der Waals surface area (Å²) in [5.41, 5.74) is 1.86. The first-order valence-electron chi connectivity index (χ1n) is 7.52. The molecule has 2 rings (SSSR count). The number of nitriles is 1. The van der Waals surface area contributed by atoms with E-state index in [2.05, 4.69) is 6.07 Å². The number of rotatable bonds is 6. The first-order chi connectivity index (χ1) is 11.5. The Morgan fingerprint density at radius 2 is 2.08 bits per heavy atom. The van der Waals surface area contributed by atoms with E-state index in [1.54, 1.807) is 20.2 Å². The van der Waals surface area contributed by atoms with E-state index in [9.17, 15) is 9.59 Å². The third-order valence-corrected chi connectivity index (χ3v) is 3.52. The molecular weight excluding hydrogens is 306 g/mol. The summed E-state index contributed by atoms with van der Waals surface area (Å²) in [5.74, 6) is -0.844. The van der Waals surface area contributed by atoms with Crippen molar-refractivity contribution < 1.29 is 14.3 Å². The van der Waals surface area contributed by atoms with E-state index in [-0.39, 0.29) is 12.5 Å². The molecule has 2 aromatic rings. The number of hydrogen-bond acceptors (Lipinski definition) is 4. The van der Waals surface area contributed by atoms with Crippen molar-refractivity contribution in [1.29, 1.82) is 5.26 Å². The normalized spacial score (nSPS) is 10.7. The minimum Gasteiger partial charge on any atom is -0.452 e. The largest absolute Gasteiger partial charge is 0.452 e. The number of aryl methyl sites for hydroxylation is 1. The zero-order valence-electron chi connectivity index (χ0n) is 13.7. The number of hydrogen-bond donors (Lipinski definition) is 0. The van der Waals surface area contributed by atoms with Crippen molar-refractivity contribution >= 4 is 28.9 Å². The van der Waals surface area contributed by atoms with Gasteiger partial charge in [0.25, 0.3) is 5.91 Å². The van der Waals surface area contributed by atoms with Crippen LogP contribution in [0.25, 0.3) is 17.0 Å². The molecule has 0 bridgehead atoms. The van der Waals surface area contributed by atoms with E-state index in [0.717, 1.165) is 16.5 Å². The summed E-state index contributed by atoms with van der Waals surface area (Å²) < 4.78 is 6.89. The lowest BCUT2D eigenvalue weighted by molar-refractivity contribution is -0.146. The second kappa shape index (κ2) is 7.97. The molecular formula is C18H19N3O3. The molecule has 0 atom stereocenters. The predicted molar refractivity (Wildman–Crippen MR) is 90.9 cm³/mol. The summed E-state index contributed by atoms with van der Waals surface area (Å²) in [6.07, 6.45) is 5.28. The van der Waals surface area contributed by atoms with Gasteiger partial charge in [-0.3, -0.25) is 4.79 Å². The van der Waals surface area contributed by atoms with Crippen molar-refractivity contribution in [3.8, 4) is 6.07 Å². The number of esters is 1. The molecule has 0 saturated carbocycles. The van der Waals surface area contributed by atoms with Gasteiger partial charge in [0.1, 0.15) is 0 Å². The maximum atomic E-state index is 11.7. The number of aromatic nitrogens is 1. The number of fused-ring (bicyclic) bond motifs is 1. The van der Waals surface area contributed by atoms with E-state index in [0.29, 0.717) is 13.0 Å². The minimum atomic E-state index is -0.570. The maximum Gasteiger partial charge on any atom is 0.331 e. The van der Waals surface area contributed by atoms with Crippen molar-refractivity contribution in [3.63, 3.8) is 0 Å². The van der Waals surface area contributed by atoms with E-state index in [4.69, 9.17) is 10.00 Å². The molecule has 0 spiro atoms. The molecule has 6 nitrogen and oxygen atoms in total. The average molecular weight is 325 g/mol.